The first-order valence-electron chi connectivity index (χ1n) is 8.01. The fraction of sp³-hybridized carbons (Fsp3) is 0.100. The zero-order chi connectivity index (χ0) is 17.5. The second kappa shape index (κ2) is 8.31. The van der Waals surface area contributed by atoms with E-state index in [0.717, 1.165) is 34.9 Å². The number of amides is 1. The molecule has 0 unspecified atom stereocenters. The van der Waals surface area contributed by atoms with Crippen LogP contribution in [0.3, 0.4) is 0 Å². The van der Waals surface area contributed by atoms with E-state index in [9.17, 15) is 4.79 Å². The molecule has 0 fully saturated rings. The van der Waals surface area contributed by atoms with Gasteiger partial charge in [-0.15, -0.1) is 0 Å². The number of rotatable bonds is 6. The molecule has 1 aromatic heterocycles. The standard InChI is InChI=1S/C20H18ClN3O/c21-16-6-4-5-15(13-16)9-11-22-18-10-12-23-19(14-18)20(25)24-17-7-2-1-3-8-17/h1-8,10,12-14H,9,11H2,(H,22,23)(H,24,25). The zero-order valence-electron chi connectivity index (χ0n) is 13.6. The molecule has 0 saturated heterocycles. The average Bonchev–Trinajstić information content (AvgIpc) is 2.63. The molecule has 0 saturated carbocycles. The lowest BCUT2D eigenvalue weighted by atomic mass is 10.1. The number of aromatic nitrogens is 1. The molecule has 0 aliphatic heterocycles. The molecule has 0 bridgehead atoms. The maximum absolute atomic E-state index is 12.3. The van der Waals surface area contributed by atoms with Crippen LogP contribution in [0.1, 0.15) is 16.1 Å². The summed E-state index contributed by atoms with van der Waals surface area (Å²) in [5, 5.41) is 6.88. The summed E-state index contributed by atoms with van der Waals surface area (Å²) in [4.78, 5) is 16.4. The Balaban J connectivity index is 1.58. The highest BCUT2D eigenvalue weighted by molar-refractivity contribution is 6.30. The summed E-state index contributed by atoms with van der Waals surface area (Å²) in [5.41, 5.74) is 3.14. The number of para-hydroxylation sites is 1. The van der Waals surface area contributed by atoms with E-state index >= 15 is 0 Å². The van der Waals surface area contributed by atoms with Crippen molar-refractivity contribution in [2.24, 2.45) is 0 Å². The van der Waals surface area contributed by atoms with E-state index in [1.165, 1.54) is 0 Å². The SMILES string of the molecule is O=C(Nc1ccccc1)c1cc(NCCc2cccc(Cl)c2)ccn1. The highest BCUT2D eigenvalue weighted by Crippen LogP contribution is 2.13. The normalized spacial score (nSPS) is 10.3. The third-order valence-corrected chi connectivity index (χ3v) is 3.89. The highest BCUT2D eigenvalue weighted by atomic mass is 35.5. The second-order valence-corrected chi connectivity index (χ2v) is 5.99. The monoisotopic (exact) mass is 351 g/mol. The Morgan fingerprint density at radius 1 is 0.960 bits per heavy atom. The van der Waals surface area contributed by atoms with E-state index in [1.54, 1.807) is 12.3 Å². The zero-order valence-corrected chi connectivity index (χ0v) is 14.3. The summed E-state index contributed by atoms with van der Waals surface area (Å²) in [6, 6.07) is 20.7. The van der Waals surface area contributed by atoms with E-state index in [-0.39, 0.29) is 5.91 Å². The number of carbonyl (C=O) groups excluding carboxylic acids is 1. The van der Waals surface area contributed by atoms with Crippen molar-refractivity contribution in [3.05, 3.63) is 89.2 Å². The van der Waals surface area contributed by atoms with Crippen LogP contribution >= 0.6 is 11.6 Å². The van der Waals surface area contributed by atoms with Gasteiger partial charge in [0.1, 0.15) is 5.69 Å². The molecular formula is C20H18ClN3O. The quantitative estimate of drug-likeness (QED) is 0.680. The molecule has 0 radical (unpaired) electrons. The average molecular weight is 352 g/mol. The lowest BCUT2D eigenvalue weighted by Gasteiger charge is -2.09. The van der Waals surface area contributed by atoms with Crippen molar-refractivity contribution in [3.8, 4) is 0 Å². The summed E-state index contributed by atoms with van der Waals surface area (Å²) in [5.74, 6) is -0.232. The van der Waals surface area contributed by atoms with Crippen molar-refractivity contribution in [1.82, 2.24) is 4.98 Å². The predicted octanol–water partition coefficient (Wildman–Crippen LogP) is 4.64. The smallest absolute Gasteiger partial charge is 0.274 e. The Morgan fingerprint density at radius 3 is 2.60 bits per heavy atom. The van der Waals surface area contributed by atoms with Crippen LogP contribution in [0.4, 0.5) is 11.4 Å². The summed E-state index contributed by atoms with van der Waals surface area (Å²) in [7, 11) is 0. The van der Waals surface area contributed by atoms with Crippen molar-refractivity contribution in [2.75, 3.05) is 17.2 Å². The number of halogens is 1. The molecule has 3 aromatic rings. The van der Waals surface area contributed by atoms with Gasteiger partial charge in [0.25, 0.3) is 5.91 Å². The number of nitrogens with one attached hydrogen (secondary N) is 2. The van der Waals surface area contributed by atoms with Crippen LogP contribution in [0.25, 0.3) is 0 Å². The van der Waals surface area contributed by atoms with Gasteiger partial charge in [0, 0.05) is 29.1 Å². The van der Waals surface area contributed by atoms with E-state index in [2.05, 4.69) is 15.6 Å². The fourth-order valence-corrected chi connectivity index (χ4v) is 2.64. The van der Waals surface area contributed by atoms with Gasteiger partial charge in [0.15, 0.2) is 0 Å². The molecular weight excluding hydrogens is 334 g/mol. The first-order valence-corrected chi connectivity index (χ1v) is 8.39. The molecule has 1 heterocycles. The minimum atomic E-state index is -0.232. The van der Waals surface area contributed by atoms with Gasteiger partial charge < -0.3 is 10.6 Å². The van der Waals surface area contributed by atoms with Crippen molar-refractivity contribution in [2.45, 2.75) is 6.42 Å². The molecule has 2 aromatic carbocycles. The van der Waals surface area contributed by atoms with Crippen LogP contribution in [0.15, 0.2) is 72.9 Å². The first-order chi connectivity index (χ1) is 12.2. The van der Waals surface area contributed by atoms with E-state index in [4.69, 9.17) is 11.6 Å². The van der Waals surface area contributed by atoms with Crippen LogP contribution in [0, 0.1) is 0 Å². The molecule has 25 heavy (non-hydrogen) atoms. The van der Waals surface area contributed by atoms with E-state index in [0.29, 0.717) is 5.69 Å². The second-order valence-electron chi connectivity index (χ2n) is 5.56. The van der Waals surface area contributed by atoms with Crippen LogP contribution in [-0.2, 0) is 6.42 Å². The molecule has 0 aliphatic carbocycles. The number of pyridine rings is 1. The minimum absolute atomic E-state index is 0.232. The minimum Gasteiger partial charge on any atom is -0.385 e. The number of benzene rings is 2. The Bertz CT molecular complexity index is 852. The number of anilines is 2. The predicted molar refractivity (Wildman–Crippen MR) is 102 cm³/mol. The molecule has 3 rings (SSSR count). The van der Waals surface area contributed by atoms with Gasteiger partial charge in [-0.2, -0.15) is 0 Å². The highest BCUT2D eigenvalue weighted by Gasteiger charge is 2.08. The van der Waals surface area contributed by atoms with Crippen molar-refractivity contribution >= 4 is 28.9 Å². The molecule has 1 amide bonds. The van der Waals surface area contributed by atoms with Gasteiger partial charge in [-0.05, 0) is 48.4 Å². The Morgan fingerprint density at radius 2 is 1.80 bits per heavy atom. The van der Waals surface area contributed by atoms with Gasteiger partial charge in [0.05, 0.1) is 0 Å². The van der Waals surface area contributed by atoms with Crippen LogP contribution < -0.4 is 10.6 Å². The summed E-state index contributed by atoms with van der Waals surface area (Å²) in [6.07, 6.45) is 2.47. The molecule has 0 spiro atoms. The summed E-state index contributed by atoms with van der Waals surface area (Å²) < 4.78 is 0. The lowest BCUT2D eigenvalue weighted by molar-refractivity contribution is 0.102. The van der Waals surface area contributed by atoms with Gasteiger partial charge in [-0.1, -0.05) is 41.9 Å². The Labute approximate surface area is 151 Å². The number of carbonyl (C=O) groups is 1. The summed E-state index contributed by atoms with van der Waals surface area (Å²) >= 11 is 5.99. The molecule has 2 N–H and O–H groups in total. The molecule has 0 aliphatic rings. The van der Waals surface area contributed by atoms with Gasteiger partial charge in [0.2, 0.25) is 0 Å². The number of hydrogen-bond acceptors (Lipinski definition) is 3. The fourth-order valence-electron chi connectivity index (χ4n) is 2.42. The molecule has 0 atom stereocenters. The van der Waals surface area contributed by atoms with Gasteiger partial charge >= 0.3 is 0 Å². The third-order valence-electron chi connectivity index (χ3n) is 3.66. The number of hydrogen-bond donors (Lipinski definition) is 2. The Hall–Kier alpha value is -2.85. The Kier molecular flexibility index (Phi) is 5.65. The van der Waals surface area contributed by atoms with E-state index < -0.39 is 0 Å². The lowest BCUT2D eigenvalue weighted by Crippen LogP contribution is -2.14. The first kappa shape index (κ1) is 17.0. The third kappa shape index (κ3) is 5.06. The molecule has 4 nitrogen and oxygen atoms in total. The topological polar surface area (TPSA) is 54.0 Å². The van der Waals surface area contributed by atoms with Gasteiger partial charge in [-0.25, -0.2) is 0 Å². The summed E-state index contributed by atoms with van der Waals surface area (Å²) in [6.45, 7) is 0.740. The van der Waals surface area contributed by atoms with Crippen LogP contribution in [-0.4, -0.2) is 17.4 Å². The number of nitrogens with zero attached hydrogens (tertiary/aromatic N) is 1. The maximum atomic E-state index is 12.3. The van der Waals surface area contributed by atoms with Crippen molar-refractivity contribution < 1.29 is 4.79 Å². The molecule has 5 heteroatoms. The largest absolute Gasteiger partial charge is 0.385 e. The van der Waals surface area contributed by atoms with Gasteiger partial charge in [-0.3, -0.25) is 9.78 Å². The van der Waals surface area contributed by atoms with Crippen LogP contribution in [0.5, 0.6) is 0 Å². The van der Waals surface area contributed by atoms with Crippen molar-refractivity contribution in [3.63, 3.8) is 0 Å². The van der Waals surface area contributed by atoms with Crippen molar-refractivity contribution in [1.29, 1.82) is 0 Å². The molecule has 126 valence electrons. The van der Waals surface area contributed by atoms with Crippen LogP contribution in [0.2, 0.25) is 5.02 Å². The maximum Gasteiger partial charge on any atom is 0.274 e. The van der Waals surface area contributed by atoms with E-state index in [1.807, 2.05) is 60.7 Å².